The third-order valence-corrected chi connectivity index (χ3v) is 1.50. The van der Waals surface area contributed by atoms with Crippen LogP contribution in [0.5, 0.6) is 0 Å². The molecule has 0 bridgehead atoms. The van der Waals surface area contributed by atoms with Crippen LogP contribution in [0.2, 0.25) is 0 Å². The monoisotopic (exact) mass is 213 g/mol. The Labute approximate surface area is 80.2 Å². The average Bonchev–Trinajstić information content (AvgIpc) is 2.06. The van der Waals surface area contributed by atoms with Gasteiger partial charge in [0.15, 0.2) is 0 Å². The van der Waals surface area contributed by atoms with E-state index in [0.717, 1.165) is 26.2 Å². The summed E-state index contributed by atoms with van der Waals surface area (Å²) >= 11 is 0. The van der Waals surface area contributed by atoms with Gasteiger partial charge in [-0.25, -0.2) is 0 Å². The van der Waals surface area contributed by atoms with Crippen molar-refractivity contribution in [3.05, 3.63) is 0 Å². The second-order valence-corrected chi connectivity index (χ2v) is 2.86. The van der Waals surface area contributed by atoms with Gasteiger partial charge in [-0.05, 0) is 26.8 Å². The predicted molar refractivity (Wildman–Crippen MR) is 53.0 cm³/mol. The molecule has 0 aromatic carbocycles. The Balaban J connectivity index is 0. The number of hydrogen-bond donors (Lipinski definition) is 2. The van der Waals surface area contributed by atoms with Crippen LogP contribution in [0.4, 0.5) is 0 Å². The van der Waals surface area contributed by atoms with Gasteiger partial charge in [0.25, 0.3) is 0 Å². The van der Waals surface area contributed by atoms with Crippen molar-refractivity contribution in [3.8, 4) is 0 Å². The number of nitrogens with two attached hydrogens (primary N) is 1. The van der Waals surface area contributed by atoms with Crippen LogP contribution in [0.3, 0.4) is 0 Å². The molecule has 0 radical (unpaired) electrons. The lowest BCUT2D eigenvalue weighted by molar-refractivity contribution is 0.146. The molecule has 1 unspecified atom stereocenters. The quantitative estimate of drug-likeness (QED) is 0.503. The van der Waals surface area contributed by atoms with E-state index in [1.54, 1.807) is 6.92 Å². The van der Waals surface area contributed by atoms with Crippen LogP contribution in [-0.4, -0.2) is 31.3 Å². The fourth-order valence-corrected chi connectivity index (χ4v) is 0.700. The van der Waals surface area contributed by atoms with Crippen molar-refractivity contribution in [3.63, 3.8) is 0 Å². The Hall–Kier alpha value is 0.0700. The Morgan fingerprint density at radius 1 is 1.38 bits per heavy atom. The molecule has 1 atom stereocenters. The molecule has 0 spiro atoms. The van der Waals surface area contributed by atoms with Gasteiger partial charge in [-0.1, -0.05) is 0 Å². The third kappa shape index (κ3) is 24.5. The van der Waals surface area contributed by atoms with Gasteiger partial charge in [-0.3, -0.25) is 4.57 Å². The first-order valence-corrected chi connectivity index (χ1v) is 5.58. The van der Waals surface area contributed by atoms with E-state index < -0.39 is 8.25 Å². The minimum Gasteiger partial charge on any atom is -0.382 e. The van der Waals surface area contributed by atoms with Gasteiger partial charge in [0, 0.05) is 13.2 Å². The molecule has 0 amide bonds. The number of rotatable bonds is 6. The second kappa shape index (κ2) is 14.6. The highest BCUT2D eigenvalue weighted by Gasteiger charge is 1.81. The summed E-state index contributed by atoms with van der Waals surface area (Å²) in [5.74, 6) is 0. The Kier molecular flexibility index (Phi) is 17.4. The van der Waals surface area contributed by atoms with Crippen molar-refractivity contribution in [1.82, 2.24) is 0 Å². The van der Waals surface area contributed by atoms with Crippen LogP contribution in [-0.2, 0) is 13.8 Å². The summed E-state index contributed by atoms with van der Waals surface area (Å²) in [7, 11) is -2.64. The molecule has 0 saturated carbocycles. The molecule has 82 valence electrons. The number of ether oxygens (including phenoxy) is 1. The molecular weight excluding hydrogens is 193 g/mol. The summed E-state index contributed by atoms with van der Waals surface area (Å²) in [5.41, 5.74) is 5.19. The Bertz CT molecular complexity index is 109. The van der Waals surface area contributed by atoms with Crippen LogP contribution in [0.1, 0.15) is 20.3 Å². The molecule has 0 aliphatic heterocycles. The zero-order chi connectivity index (χ0) is 10.5. The SMILES string of the molecule is CCOCCCN.CCO[PH](=O)O. The van der Waals surface area contributed by atoms with Crippen LogP contribution in [0, 0.1) is 0 Å². The van der Waals surface area contributed by atoms with Crippen LogP contribution in [0.15, 0.2) is 0 Å². The summed E-state index contributed by atoms with van der Waals surface area (Å²) in [6.45, 7) is 6.32. The van der Waals surface area contributed by atoms with Gasteiger partial charge in [-0.2, -0.15) is 0 Å². The minimum absolute atomic E-state index is 0.314. The van der Waals surface area contributed by atoms with Gasteiger partial charge in [0.1, 0.15) is 0 Å². The molecule has 0 rings (SSSR count). The van der Waals surface area contributed by atoms with E-state index in [-0.39, 0.29) is 0 Å². The molecular formula is C7H20NO4P. The summed E-state index contributed by atoms with van der Waals surface area (Å²) in [5, 5.41) is 0. The Morgan fingerprint density at radius 3 is 2.23 bits per heavy atom. The lowest BCUT2D eigenvalue weighted by Gasteiger charge is -1.94. The zero-order valence-electron chi connectivity index (χ0n) is 8.28. The van der Waals surface area contributed by atoms with Gasteiger partial charge < -0.3 is 19.9 Å². The maximum Gasteiger partial charge on any atom is 0.316 e. The first-order chi connectivity index (χ1) is 6.18. The highest BCUT2D eigenvalue weighted by Crippen LogP contribution is 2.12. The van der Waals surface area contributed by atoms with E-state index in [1.807, 2.05) is 6.92 Å². The summed E-state index contributed by atoms with van der Waals surface area (Å²) in [6, 6.07) is 0. The molecule has 5 nitrogen and oxygen atoms in total. The molecule has 13 heavy (non-hydrogen) atoms. The molecule has 0 aliphatic carbocycles. The topological polar surface area (TPSA) is 81.8 Å². The molecule has 3 N–H and O–H groups in total. The lowest BCUT2D eigenvalue weighted by Crippen LogP contribution is -2.03. The van der Waals surface area contributed by atoms with Gasteiger partial charge in [0.05, 0.1) is 6.61 Å². The van der Waals surface area contributed by atoms with E-state index in [9.17, 15) is 4.57 Å². The van der Waals surface area contributed by atoms with Crippen molar-refractivity contribution < 1.29 is 18.7 Å². The van der Waals surface area contributed by atoms with Crippen molar-refractivity contribution in [2.24, 2.45) is 5.73 Å². The molecule has 6 heteroatoms. The standard InChI is InChI=1S/C5H13NO.C2H7O3P/c1-2-7-5-3-4-6;1-2-5-6(3)4/h2-6H2,1H3;6H,2H2,1H3,(H,3,4). The molecule has 0 heterocycles. The van der Waals surface area contributed by atoms with Crippen molar-refractivity contribution in [2.75, 3.05) is 26.4 Å². The molecule has 0 aromatic heterocycles. The first-order valence-electron chi connectivity index (χ1n) is 4.32. The maximum absolute atomic E-state index is 9.56. The van der Waals surface area contributed by atoms with Crippen LogP contribution < -0.4 is 5.73 Å². The average molecular weight is 213 g/mol. The van der Waals surface area contributed by atoms with E-state index in [0.29, 0.717) is 6.61 Å². The summed E-state index contributed by atoms with van der Waals surface area (Å²) in [4.78, 5) is 7.88. The maximum atomic E-state index is 9.56. The lowest BCUT2D eigenvalue weighted by atomic mass is 10.5. The van der Waals surface area contributed by atoms with Gasteiger partial charge in [0.2, 0.25) is 0 Å². The molecule has 0 aliphatic rings. The highest BCUT2D eigenvalue weighted by atomic mass is 31.1. The fraction of sp³-hybridized carbons (Fsp3) is 1.00. The normalized spacial score (nSPS) is 11.7. The second-order valence-electron chi connectivity index (χ2n) is 2.04. The van der Waals surface area contributed by atoms with Gasteiger partial charge in [-0.15, -0.1) is 0 Å². The van der Waals surface area contributed by atoms with E-state index >= 15 is 0 Å². The van der Waals surface area contributed by atoms with Crippen LogP contribution >= 0.6 is 8.25 Å². The Morgan fingerprint density at radius 2 is 2.00 bits per heavy atom. The predicted octanol–water partition coefficient (Wildman–Crippen LogP) is 0.777. The largest absolute Gasteiger partial charge is 0.382 e. The van der Waals surface area contributed by atoms with Gasteiger partial charge >= 0.3 is 8.25 Å². The fourth-order valence-electron chi connectivity index (χ4n) is 0.453. The summed E-state index contributed by atoms with van der Waals surface area (Å²) < 4.78 is 18.7. The van der Waals surface area contributed by atoms with E-state index in [2.05, 4.69) is 4.52 Å². The van der Waals surface area contributed by atoms with Crippen molar-refractivity contribution >= 4 is 8.25 Å². The van der Waals surface area contributed by atoms with Crippen molar-refractivity contribution in [1.29, 1.82) is 0 Å². The van der Waals surface area contributed by atoms with E-state index in [1.165, 1.54) is 0 Å². The van der Waals surface area contributed by atoms with Crippen LogP contribution in [0.25, 0.3) is 0 Å². The first kappa shape index (κ1) is 15.5. The molecule has 0 saturated heterocycles. The highest BCUT2D eigenvalue weighted by molar-refractivity contribution is 7.32. The smallest absolute Gasteiger partial charge is 0.316 e. The number of hydrogen-bond acceptors (Lipinski definition) is 4. The zero-order valence-corrected chi connectivity index (χ0v) is 9.28. The van der Waals surface area contributed by atoms with Crippen molar-refractivity contribution in [2.45, 2.75) is 20.3 Å². The van der Waals surface area contributed by atoms with E-state index in [4.69, 9.17) is 15.4 Å². The molecule has 0 fully saturated rings. The minimum atomic E-state index is -2.64. The third-order valence-electron chi connectivity index (χ3n) is 0.965. The summed E-state index contributed by atoms with van der Waals surface area (Å²) in [6.07, 6.45) is 0.980. The molecule has 0 aromatic rings.